The van der Waals surface area contributed by atoms with Crippen molar-refractivity contribution in [1.29, 1.82) is 0 Å². The minimum Gasteiger partial charge on any atom is -0.463 e. The zero-order chi connectivity index (χ0) is 18.8. The highest BCUT2D eigenvalue weighted by Crippen LogP contribution is 2.08. The fraction of sp³-hybridized carbons (Fsp3) is 0.800. The molecule has 0 amide bonds. The molecule has 1 atom stereocenters. The van der Waals surface area contributed by atoms with E-state index in [1.54, 1.807) is 7.11 Å². The number of hydrogen-bond donors (Lipinski definition) is 0. The second kappa shape index (κ2) is 17.5. The van der Waals surface area contributed by atoms with Gasteiger partial charge in [0.15, 0.2) is 0 Å². The lowest BCUT2D eigenvalue weighted by molar-refractivity contribution is -0.141. The van der Waals surface area contributed by atoms with Gasteiger partial charge < -0.3 is 14.2 Å². The third kappa shape index (κ3) is 17.3. The monoisotopic (exact) mass is 356 g/mol. The number of unbranched alkanes of at least 4 members (excludes halogenated alkanes) is 7. The number of methoxy groups -OCH3 is 1. The van der Waals surface area contributed by atoms with E-state index in [4.69, 9.17) is 14.2 Å². The van der Waals surface area contributed by atoms with E-state index in [1.807, 2.05) is 6.92 Å². The zero-order valence-corrected chi connectivity index (χ0v) is 16.3. The maximum absolute atomic E-state index is 11.5. The maximum atomic E-state index is 11.5. The minimum absolute atomic E-state index is 0.228. The average Bonchev–Trinajstić information content (AvgIpc) is 2.61. The Labute approximate surface area is 153 Å². The normalized spacial score (nSPS) is 12.3. The smallest absolute Gasteiger partial charge is 0.331 e. The molecule has 0 saturated heterocycles. The van der Waals surface area contributed by atoms with Crippen LogP contribution in [0.25, 0.3) is 0 Å². The summed E-state index contributed by atoms with van der Waals surface area (Å²) in [5.74, 6) is -0.785. The van der Waals surface area contributed by atoms with E-state index in [-0.39, 0.29) is 5.92 Å². The van der Waals surface area contributed by atoms with Crippen molar-refractivity contribution in [2.45, 2.75) is 71.6 Å². The summed E-state index contributed by atoms with van der Waals surface area (Å²) in [4.78, 5) is 23.0. The Hall–Kier alpha value is -1.36. The summed E-state index contributed by atoms with van der Waals surface area (Å²) in [5, 5.41) is 0. The molecule has 0 aromatic heterocycles. The number of rotatable bonds is 16. The van der Waals surface area contributed by atoms with Gasteiger partial charge in [-0.2, -0.15) is 0 Å². The lowest BCUT2D eigenvalue weighted by Gasteiger charge is -2.09. The fourth-order valence-electron chi connectivity index (χ4n) is 2.27. The second-order valence-corrected chi connectivity index (χ2v) is 6.49. The summed E-state index contributed by atoms with van der Waals surface area (Å²) >= 11 is 0. The molecular weight excluding hydrogens is 320 g/mol. The van der Waals surface area contributed by atoms with Gasteiger partial charge in [-0.1, -0.05) is 58.8 Å². The van der Waals surface area contributed by atoms with Crippen molar-refractivity contribution in [3.8, 4) is 0 Å². The highest BCUT2D eigenvalue weighted by molar-refractivity contribution is 5.91. The molecule has 0 aromatic carbocycles. The number of esters is 2. The van der Waals surface area contributed by atoms with E-state index in [2.05, 4.69) is 6.92 Å². The van der Waals surface area contributed by atoms with Gasteiger partial charge in [-0.05, 0) is 18.8 Å². The first-order chi connectivity index (χ1) is 12.1. The molecule has 0 radical (unpaired) electrons. The molecule has 146 valence electrons. The average molecular weight is 357 g/mol. The van der Waals surface area contributed by atoms with Gasteiger partial charge in [-0.3, -0.25) is 0 Å². The molecule has 0 saturated carbocycles. The summed E-state index contributed by atoms with van der Waals surface area (Å²) in [6, 6.07) is 0. The predicted octanol–water partition coefficient (Wildman–Crippen LogP) is 4.44. The van der Waals surface area contributed by atoms with Crippen molar-refractivity contribution in [3.05, 3.63) is 12.2 Å². The number of hydrogen-bond acceptors (Lipinski definition) is 5. The first-order valence-corrected chi connectivity index (χ1v) is 9.60. The van der Waals surface area contributed by atoms with Crippen LogP contribution in [-0.2, 0) is 23.8 Å². The van der Waals surface area contributed by atoms with Crippen LogP contribution in [0.2, 0.25) is 0 Å². The van der Waals surface area contributed by atoms with Crippen LogP contribution in [-0.4, -0.2) is 38.9 Å². The summed E-state index contributed by atoms with van der Waals surface area (Å²) in [5.41, 5.74) is 0. The molecule has 1 unspecified atom stereocenters. The Morgan fingerprint density at radius 2 is 1.40 bits per heavy atom. The third-order valence-corrected chi connectivity index (χ3v) is 3.92. The SMILES string of the molecule is CCCCCCCCCCOC(=O)/C=C/C(=O)OCC(C)CCOC. The molecule has 0 fully saturated rings. The zero-order valence-electron chi connectivity index (χ0n) is 16.3. The number of carbonyl (C=O) groups excluding carboxylic acids is 2. The summed E-state index contributed by atoms with van der Waals surface area (Å²) < 4.78 is 15.1. The Morgan fingerprint density at radius 3 is 2.00 bits per heavy atom. The number of ether oxygens (including phenoxy) is 3. The molecule has 0 spiro atoms. The van der Waals surface area contributed by atoms with Gasteiger partial charge in [0, 0.05) is 25.9 Å². The van der Waals surface area contributed by atoms with Crippen molar-refractivity contribution >= 4 is 11.9 Å². The van der Waals surface area contributed by atoms with Gasteiger partial charge in [0.2, 0.25) is 0 Å². The minimum atomic E-state index is -0.520. The van der Waals surface area contributed by atoms with Crippen molar-refractivity contribution in [1.82, 2.24) is 0 Å². The molecule has 0 aliphatic heterocycles. The molecule has 0 N–H and O–H groups in total. The van der Waals surface area contributed by atoms with Crippen LogP contribution >= 0.6 is 0 Å². The van der Waals surface area contributed by atoms with Crippen molar-refractivity contribution < 1.29 is 23.8 Å². The van der Waals surface area contributed by atoms with E-state index in [1.165, 1.54) is 38.5 Å². The standard InChI is InChI=1S/C20H36O5/c1-4-5-6-7-8-9-10-11-15-24-19(21)12-13-20(22)25-17-18(2)14-16-23-3/h12-13,18H,4-11,14-17H2,1-3H3/b13-12+. The van der Waals surface area contributed by atoms with E-state index in [0.717, 1.165) is 31.4 Å². The van der Waals surface area contributed by atoms with Gasteiger partial charge >= 0.3 is 11.9 Å². The summed E-state index contributed by atoms with van der Waals surface area (Å²) in [7, 11) is 1.64. The summed E-state index contributed by atoms with van der Waals surface area (Å²) in [6.45, 7) is 5.56. The van der Waals surface area contributed by atoms with Crippen LogP contribution < -0.4 is 0 Å². The molecular formula is C20H36O5. The fourth-order valence-corrected chi connectivity index (χ4v) is 2.27. The molecule has 0 rings (SSSR count). The molecule has 0 heterocycles. The summed E-state index contributed by atoms with van der Waals surface area (Å²) in [6.07, 6.45) is 12.7. The van der Waals surface area contributed by atoms with Gasteiger partial charge in [-0.25, -0.2) is 9.59 Å². The van der Waals surface area contributed by atoms with Gasteiger partial charge in [0.1, 0.15) is 0 Å². The first-order valence-electron chi connectivity index (χ1n) is 9.60. The lowest BCUT2D eigenvalue weighted by Crippen LogP contribution is -2.12. The molecule has 5 heteroatoms. The van der Waals surface area contributed by atoms with Crippen molar-refractivity contribution in [2.24, 2.45) is 5.92 Å². The Morgan fingerprint density at radius 1 is 0.840 bits per heavy atom. The maximum Gasteiger partial charge on any atom is 0.331 e. The third-order valence-electron chi connectivity index (χ3n) is 3.92. The van der Waals surface area contributed by atoms with E-state index >= 15 is 0 Å². The van der Waals surface area contributed by atoms with Crippen molar-refractivity contribution in [3.63, 3.8) is 0 Å². The highest BCUT2D eigenvalue weighted by Gasteiger charge is 2.06. The van der Waals surface area contributed by atoms with Crippen LogP contribution in [0.15, 0.2) is 12.2 Å². The Kier molecular flexibility index (Phi) is 16.5. The predicted molar refractivity (Wildman–Crippen MR) is 99.3 cm³/mol. The molecule has 5 nitrogen and oxygen atoms in total. The van der Waals surface area contributed by atoms with Crippen LogP contribution in [0, 0.1) is 5.92 Å². The molecule has 0 aliphatic rings. The highest BCUT2D eigenvalue weighted by atomic mass is 16.5. The van der Waals surface area contributed by atoms with Crippen molar-refractivity contribution in [2.75, 3.05) is 26.9 Å². The van der Waals surface area contributed by atoms with Gasteiger partial charge in [-0.15, -0.1) is 0 Å². The van der Waals surface area contributed by atoms with Crippen LogP contribution in [0.5, 0.6) is 0 Å². The van der Waals surface area contributed by atoms with Crippen LogP contribution in [0.4, 0.5) is 0 Å². The quantitative estimate of drug-likeness (QED) is 0.232. The second-order valence-electron chi connectivity index (χ2n) is 6.49. The first kappa shape index (κ1) is 23.6. The van der Waals surface area contributed by atoms with Gasteiger partial charge in [0.25, 0.3) is 0 Å². The topological polar surface area (TPSA) is 61.8 Å². The molecule has 0 aromatic rings. The number of carbonyl (C=O) groups is 2. The van der Waals surface area contributed by atoms with Crippen LogP contribution in [0.1, 0.15) is 71.6 Å². The van der Waals surface area contributed by atoms with E-state index in [9.17, 15) is 9.59 Å². The lowest BCUT2D eigenvalue weighted by atomic mass is 10.1. The Bertz CT molecular complexity index is 365. The van der Waals surface area contributed by atoms with E-state index < -0.39 is 11.9 Å². The molecule has 25 heavy (non-hydrogen) atoms. The largest absolute Gasteiger partial charge is 0.463 e. The van der Waals surface area contributed by atoms with Crippen LogP contribution in [0.3, 0.4) is 0 Å². The molecule has 0 aliphatic carbocycles. The van der Waals surface area contributed by atoms with E-state index in [0.29, 0.717) is 19.8 Å². The Balaban J connectivity index is 3.57. The van der Waals surface area contributed by atoms with Gasteiger partial charge in [0.05, 0.1) is 13.2 Å². The molecule has 0 bridgehead atoms.